The van der Waals surface area contributed by atoms with Crippen molar-refractivity contribution in [3.05, 3.63) is 29.8 Å². The quantitative estimate of drug-likeness (QED) is 0.735. The summed E-state index contributed by atoms with van der Waals surface area (Å²) in [4.78, 5) is 34.6. The van der Waals surface area contributed by atoms with E-state index >= 15 is 0 Å². The third-order valence-electron chi connectivity index (χ3n) is 3.84. The first-order valence-corrected chi connectivity index (χ1v) is 8.01. The van der Waals surface area contributed by atoms with E-state index in [1.54, 1.807) is 12.1 Å². The minimum atomic E-state index is -1.10. The zero-order valence-corrected chi connectivity index (χ0v) is 13.6. The molecule has 0 aliphatic carbocycles. The number of carboxylic acid groups (broad SMARTS) is 1. The summed E-state index contributed by atoms with van der Waals surface area (Å²) in [5.74, 6) is -1.70. The van der Waals surface area contributed by atoms with Gasteiger partial charge in [-0.25, -0.2) is 0 Å². The second-order valence-electron chi connectivity index (χ2n) is 5.85. The standard InChI is InChI=1S/C17H22N2O5/c1-11(17(22)23)18-16(21)12-5-7-13(8-6-12)19-15(20)10-14-4-2-3-9-24-14/h5-8,11,14H,2-4,9-10H2,1H3,(H,18,21)(H,19,20)(H,22,23). The van der Waals surface area contributed by atoms with Crippen molar-refractivity contribution in [1.29, 1.82) is 0 Å². The Balaban J connectivity index is 1.85. The molecule has 1 aliphatic heterocycles. The lowest BCUT2D eigenvalue weighted by Crippen LogP contribution is -2.38. The smallest absolute Gasteiger partial charge is 0.325 e. The summed E-state index contributed by atoms with van der Waals surface area (Å²) in [6.45, 7) is 2.10. The molecule has 2 amide bonds. The van der Waals surface area contributed by atoms with E-state index in [0.29, 0.717) is 24.3 Å². The summed E-state index contributed by atoms with van der Waals surface area (Å²) in [5, 5.41) is 13.9. The van der Waals surface area contributed by atoms with Gasteiger partial charge >= 0.3 is 5.97 Å². The van der Waals surface area contributed by atoms with Crippen LogP contribution in [0.15, 0.2) is 24.3 Å². The van der Waals surface area contributed by atoms with Gasteiger partial charge in [0.25, 0.3) is 5.91 Å². The van der Waals surface area contributed by atoms with Gasteiger partial charge in [-0.15, -0.1) is 0 Å². The molecule has 3 N–H and O–H groups in total. The van der Waals surface area contributed by atoms with E-state index in [0.717, 1.165) is 19.3 Å². The molecule has 0 radical (unpaired) electrons. The number of carboxylic acids is 1. The van der Waals surface area contributed by atoms with Crippen LogP contribution in [0.4, 0.5) is 5.69 Å². The highest BCUT2D eigenvalue weighted by atomic mass is 16.5. The highest BCUT2D eigenvalue weighted by Crippen LogP contribution is 2.17. The van der Waals surface area contributed by atoms with E-state index in [-0.39, 0.29) is 12.0 Å². The van der Waals surface area contributed by atoms with Crippen molar-refractivity contribution in [3.8, 4) is 0 Å². The van der Waals surface area contributed by atoms with Crippen molar-refractivity contribution < 1.29 is 24.2 Å². The van der Waals surface area contributed by atoms with Gasteiger partial charge < -0.3 is 20.5 Å². The molecule has 1 aromatic rings. The largest absolute Gasteiger partial charge is 0.480 e. The molecular weight excluding hydrogens is 312 g/mol. The van der Waals surface area contributed by atoms with Crippen LogP contribution in [0, 0.1) is 0 Å². The number of carbonyl (C=O) groups is 3. The molecule has 130 valence electrons. The number of aliphatic carboxylic acids is 1. The molecule has 24 heavy (non-hydrogen) atoms. The van der Waals surface area contributed by atoms with Crippen molar-refractivity contribution in [2.75, 3.05) is 11.9 Å². The maximum atomic E-state index is 12.0. The molecule has 0 bridgehead atoms. The summed E-state index contributed by atoms with van der Waals surface area (Å²) < 4.78 is 5.53. The number of hydrogen-bond acceptors (Lipinski definition) is 4. The van der Waals surface area contributed by atoms with Crippen LogP contribution < -0.4 is 10.6 Å². The summed E-state index contributed by atoms with van der Waals surface area (Å²) in [6.07, 6.45) is 3.31. The molecule has 1 fully saturated rings. The Morgan fingerprint density at radius 3 is 2.54 bits per heavy atom. The van der Waals surface area contributed by atoms with Crippen LogP contribution in [-0.4, -0.2) is 41.6 Å². The van der Waals surface area contributed by atoms with Crippen LogP contribution in [-0.2, 0) is 14.3 Å². The fourth-order valence-corrected chi connectivity index (χ4v) is 2.43. The summed E-state index contributed by atoms with van der Waals surface area (Å²) in [6, 6.07) is 5.33. The summed E-state index contributed by atoms with van der Waals surface area (Å²) in [5.41, 5.74) is 0.912. The van der Waals surface area contributed by atoms with Gasteiger partial charge in [-0.3, -0.25) is 14.4 Å². The lowest BCUT2D eigenvalue weighted by Gasteiger charge is -2.21. The van der Waals surface area contributed by atoms with Crippen LogP contribution in [0.2, 0.25) is 0 Å². The first kappa shape index (κ1) is 17.9. The molecule has 1 saturated heterocycles. The lowest BCUT2D eigenvalue weighted by molar-refractivity contribution is -0.138. The first-order chi connectivity index (χ1) is 11.5. The van der Waals surface area contributed by atoms with Crippen molar-refractivity contribution in [2.45, 2.75) is 44.8 Å². The van der Waals surface area contributed by atoms with Gasteiger partial charge in [0.2, 0.25) is 5.91 Å². The van der Waals surface area contributed by atoms with E-state index in [4.69, 9.17) is 9.84 Å². The van der Waals surface area contributed by atoms with Crippen LogP contribution in [0.5, 0.6) is 0 Å². The van der Waals surface area contributed by atoms with Crippen LogP contribution in [0.25, 0.3) is 0 Å². The number of hydrogen-bond donors (Lipinski definition) is 3. The predicted molar refractivity (Wildman–Crippen MR) is 87.8 cm³/mol. The molecule has 7 nitrogen and oxygen atoms in total. The van der Waals surface area contributed by atoms with Crippen LogP contribution in [0.1, 0.15) is 43.0 Å². The monoisotopic (exact) mass is 334 g/mol. The SMILES string of the molecule is CC(NC(=O)c1ccc(NC(=O)CC2CCCCO2)cc1)C(=O)O. The van der Waals surface area contributed by atoms with Crippen LogP contribution >= 0.6 is 0 Å². The van der Waals surface area contributed by atoms with E-state index in [1.807, 2.05) is 0 Å². The Morgan fingerprint density at radius 1 is 1.25 bits per heavy atom. The predicted octanol–water partition coefficient (Wildman–Crippen LogP) is 1.79. The molecule has 1 heterocycles. The number of anilines is 1. The highest BCUT2D eigenvalue weighted by molar-refractivity contribution is 5.97. The van der Waals surface area contributed by atoms with Crippen molar-refractivity contribution in [2.24, 2.45) is 0 Å². The Kier molecular flexibility index (Phi) is 6.31. The number of ether oxygens (including phenoxy) is 1. The third kappa shape index (κ3) is 5.34. The van der Waals surface area contributed by atoms with Crippen LogP contribution in [0.3, 0.4) is 0 Å². The number of amides is 2. The average molecular weight is 334 g/mol. The Bertz CT molecular complexity index is 594. The van der Waals surface area contributed by atoms with Gasteiger partial charge in [-0.2, -0.15) is 0 Å². The molecule has 0 spiro atoms. The topological polar surface area (TPSA) is 105 Å². The second kappa shape index (κ2) is 8.44. The molecule has 7 heteroatoms. The molecule has 0 aromatic heterocycles. The highest BCUT2D eigenvalue weighted by Gasteiger charge is 2.18. The number of carbonyl (C=O) groups excluding carboxylic acids is 2. The molecule has 2 rings (SSSR count). The fourth-order valence-electron chi connectivity index (χ4n) is 2.43. The zero-order valence-electron chi connectivity index (χ0n) is 13.6. The average Bonchev–Trinajstić information content (AvgIpc) is 2.56. The van der Waals surface area contributed by atoms with E-state index in [2.05, 4.69) is 10.6 Å². The van der Waals surface area contributed by atoms with Crippen molar-refractivity contribution >= 4 is 23.5 Å². The van der Waals surface area contributed by atoms with Gasteiger partial charge in [-0.1, -0.05) is 0 Å². The second-order valence-corrected chi connectivity index (χ2v) is 5.85. The fraction of sp³-hybridized carbons (Fsp3) is 0.471. The van der Waals surface area contributed by atoms with Crippen molar-refractivity contribution in [1.82, 2.24) is 5.32 Å². The molecule has 1 aromatic carbocycles. The maximum Gasteiger partial charge on any atom is 0.325 e. The minimum absolute atomic E-state index is 0.0266. The molecule has 1 aliphatic rings. The van der Waals surface area contributed by atoms with Gasteiger partial charge in [-0.05, 0) is 50.5 Å². The van der Waals surface area contributed by atoms with Gasteiger partial charge in [0.15, 0.2) is 0 Å². The van der Waals surface area contributed by atoms with Crippen molar-refractivity contribution in [3.63, 3.8) is 0 Å². The summed E-state index contributed by atoms with van der Waals surface area (Å²) >= 11 is 0. The number of benzene rings is 1. The zero-order chi connectivity index (χ0) is 17.5. The number of rotatable bonds is 6. The Hall–Kier alpha value is -2.41. The maximum absolute atomic E-state index is 12.0. The first-order valence-electron chi connectivity index (χ1n) is 8.01. The number of nitrogens with one attached hydrogen (secondary N) is 2. The van der Waals surface area contributed by atoms with E-state index in [1.165, 1.54) is 19.1 Å². The van der Waals surface area contributed by atoms with E-state index < -0.39 is 17.9 Å². The third-order valence-corrected chi connectivity index (χ3v) is 3.84. The minimum Gasteiger partial charge on any atom is -0.480 e. The Morgan fingerprint density at radius 2 is 1.96 bits per heavy atom. The molecule has 2 unspecified atom stereocenters. The van der Waals surface area contributed by atoms with E-state index in [9.17, 15) is 14.4 Å². The van der Waals surface area contributed by atoms with Gasteiger partial charge in [0.05, 0.1) is 12.5 Å². The van der Waals surface area contributed by atoms with Gasteiger partial charge in [0.1, 0.15) is 6.04 Å². The Labute approximate surface area is 140 Å². The normalized spacial score (nSPS) is 18.5. The van der Waals surface area contributed by atoms with Gasteiger partial charge in [0, 0.05) is 17.9 Å². The molecule has 2 atom stereocenters. The summed E-state index contributed by atoms with van der Waals surface area (Å²) in [7, 11) is 0. The molecule has 0 saturated carbocycles. The molecular formula is C17H22N2O5. The lowest BCUT2D eigenvalue weighted by atomic mass is 10.1.